The fraction of sp³-hybridized carbons (Fsp3) is 0.500. The zero-order chi connectivity index (χ0) is 13.5. The van der Waals surface area contributed by atoms with Gasteiger partial charge in [0.25, 0.3) is 0 Å². The molecule has 18 heavy (non-hydrogen) atoms. The largest absolute Gasteiger partial charge is 0.396 e. The topological polar surface area (TPSA) is 66.6 Å². The van der Waals surface area contributed by atoms with Crippen molar-refractivity contribution in [3.05, 3.63) is 35.4 Å². The van der Waals surface area contributed by atoms with E-state index in [1.54, 1.807) is 6.07 Å². The molecule has 0 aliphatic carbocycles. The quantitative estimate of drug-likeness (QED) is 0.768. The molecule has 100 valence electrons. The molecule has 0 aliphatic heterocycles. The molecule has 0 unspecified atom stereocenters. The first-order valence-corrected chi connectivity index (χ1v) is 6.28. The maximum Gasteiger partial charge on any atom is 0.248 e. The molecule has 0 heterocycles. The van der Waals surface area contributed by atoms with E-state index in [4.69, 9.17) is 10.8 Å². The number of hydrogen-bond acceptors (Lipinski definition) is 3. The van der Waals surface area contributed by atoms with Crippen LogP contribution in [0.2, 0.25) is 0 Å². The van der Waals surface area contributed by atoms with Crippen LogP contribution in [0.5, 0.6) is 0 Å². The maximum atomic E-state index is 11.1. The normalized spacial score (nSPS) is 11.2. The summed E-state index contributed by atoms with van der Waals surface area (Å²) in [7, 11) is 0. The number of nitrogens with two attached hydrogens (primary N) is 1. The zero-order valence-electron chi connectivity index (χ0n) is 11.1. The van der Waals surface area contributed by atoms with Gasteiger partial charge in [0, 0.05) is 31.3 Å². The third kappa shape index (κ3) is 4.47. The molecule has 1 rings (SSSR count). The molecule has 1 amide bonds. The highest BCUT2D eigenvalue weighted by atomic mass is 16.3. The Hall–Kier alpha value is -1.39. The van der Waals surface area contributed by atoms with Gasteiger partial charge in [0.15, 0.2) is 0 Å². The minimum absolute atomic E-state index is 0.199. The highest BCUT2D eigenvalue weighted by molar-refractivity contribution is 5.92. The summed E-state index contributed by atoms with van der Waals surface area (Å²) in [4.78, 5) is 13.4. The van der Waals surface area contributed by atoms with E-state index in [9.17, 15) is 4.79 Å². The second-order valence-corrected chi connectivity index (χ2v) is 4.71. The van der Waals surface area contributed by atoms with Crippen LogP contribution in [0.4, 0.5) is 0 Å². The summed E-state index contributed by atoms with van der Waals surface area (Å²) in [6, 6.07) is 7.78. The van der Waals surface area contributed by atoms with Crippen molar-refractivity contribution in [3.8, 4) is 0 Å². The first-order chi connectivity index (χ1) is 8.54. The Balaban J connectivity index is 2.73. The molecule has 0 aliphatic rings. The average molecular weight is 250 g/mol. The van der Waals surface area contributed by atoms with Crippen LogP contribution in [0.1, 0.15) is 36.2 Å². The van der Waals surface area contributed by atoms with Crippen LogP contribution in [0.3, 0.4) is 0 Å². The van der Waals surface area contributed by atoms with Gasteiger partial charge in [-0.25, -0.2) is 0 Å². The van der Waals surface area contributed by atoms with Gasteiger partial charge in [0.1, 0.15) is 0 Å². The number of primary amides is 1. The van der Waals surface area contributed by atoms with Crippen molar-refractivity contribution in [2.75, 3.05) is 13.2 Å². The van der Waals surface area contributed by atoms with Crippen LogP contribution < -0.4 is 5.73 Å². The Kier molecular flexibility index (Phi) is 5.82. The Morgan fingerprint density at radius 3 is 2.72 bits per heavy atom. The number of aliphatic hydroxyl groups excluding tert-OH is 1. The standard InChI is InChI=1S/C14H22N2O2/c1-11(2)16(7-4-8-17)10-12-5-3-6-13(9-12)14(15)18/h3,5-6,9,11,17H,4,7-8,10H2,1-2H3,(H2,15,18). The van der Waals surface area contributed by atoms with Crippen molar-refractivity contribution in [2.24, 2.45) is 5.73 Å². The maximum absolute atomic E-state index is 11.1. The number of carbonyl (C=O) groups excluding carboxylic acids is 1. The molecule has 0 radical (unpaired) electrons. The number of rotatable bonds is 7. The van der Waals surface area contributed by atoms with Crippen molar-refractivity contribution in [1.82, 2.24) is 4.90 Å². The predicted molar refractivity (Wildman–Crippen MR) is 72.2 cm³/mol. The number of aliphatic hydroxyl groups is 1. The van der Waals surface area contributed by atoms with E-state index < -0.39 is 5.91 Å². The van der Waals surface area contributed by atoms with E-state index in [0.29, 0.717) is 11.6 Å². The van der Waals surface area contributed by atoms with Crippen LogP contribution in [0.25, 0.3) is 0 Å². The predicted octanol–water partition coefficient (Wildman–Crippen LogP) is 1.38. The van der Waals surface area contributed by atoms with Gasteiger partial charge in [0.2, 0.25) is 5.91 Å². The van der Waals surface area contributed by atoms with E-state index in [-0.39, 0.29) is 6.61 Å². The number of hydrogen-bond donors (Lipinski definition) is 2. The molecule has 4 heteroatoms. The molecule has 0 spiro atoms. The van der Waals surface area contributed by atoms with Crippen LogP contribution >= 0.6 is 0 Å². The van der Waals surface area contributed by atoms with Crippen LogP contribution in [0.15, 0.2) is 24.3 Å². The molecular formula is C14H22N2O2. The Morgan fingerprint density at radius 2 is 2.17 bits per heavy atom. The Labute approximate surface area is 108 Å². The van der Waals surface area contributed by atoms with E-state index in [2.05, 4.69) is 18.7 Å². The SMILES string of the molecule is CC(C)N(CCCO)Cc1cccc(C(N)=O)c1. The smallest absolute Gasteiger partial charge is 0.248 e. The highest BCUT2D eigenvalue weighted by Gasteiger charge is 2.10. The van der Waals surface area contributed by atoms with Gasteiger partial charge < -0.3 is 10.8 Å². The molecule has 1 aromatic carbocycles. The molecule has 0 saturated carbocycles. The number of benzene rings is 1. The molecule has 0 bridgehead atoms. The van der Waals surface area contributed by atoms with Crippen LogP contribution in [-0.2, 0) is 6.54 Å². The van der Waals surface area contributed by atoms with Crippen LogP contribution in [-0.4, -0.2) is 35.1 Å². The first kappa shape index (κ1) is 14.7. The van der Waals surface area contributed by atoms with Crippen molar-refractivity contribution in [2.45, 2.75) is 32.9 Å². The summed E-state index contributed by atoms with van der Waals surface area (Å²) in [5.74, 6) is -0.400. The number of carbonyl (C=O) groups is 1. The van der Waals surface area contributed by atoms with Crippen molar-refractivity contribution < 1.29 is 9.90 Å². The second-order valence-electron chi connectivity index (χ2n) is 4.71. The van der Waals surface area contributed by atoms with Gasteiger partial charge in [-0.05, 0) is 38.0 Å². The molecule has 0 aromatic heterocycles. The van der Waals surface area contributed by atoms with Gasteiger partial charge in [-0.2, -0.15) is 0 Å². The monoisotopic (exact) mass is 250 g/mol. The van der Waals surface area contributed by atoms with Crippen LogP contribution in [0, 0.1) is 0 Å². The van der Waals surface area contributed by atoms with Gasteiger partial charge in [-0.1, -0.05) is 12.1 Å². The molecule has 1 aromatic rings. The summed E-state index contributed by atoms with van der Waals surface area (Å²) in [6.07, 6.45) is 0.758. The fourth-order valence-electron chi connectivity index (χ4n) is 1.85. The van der Waals surface area contributed by atoms with E-state index in [0.717, 1.165) is 25.1 Å². The van der Waals surface area contributed by atoms with E-state index in [1.165, 1.54) is 0 Å². The van der Waals surface area contributed by atoms with Crippen molar-refractivity contribution >= 4 is 5.91 Å². The highest BCUT2D eigenvalue weighted by Crippen LogP contribution is 2.11. The number of amides is 1. The second kappa shape index (κ2) is 7.13. The third-order valence-corrected chi connectivity index (χ3v) is 2.93. The van der Waals surface area contributed by atoms with E-state index >= 15 is 0 Å². The van der Waals surface area contributed by atoms with E-state index in [1.807, 2.05) is 18.2 Å². The average Bonchev–Trinajstić information content (AvgIpc) is 2.34. The van der Waals surface area contributed by atoms with Gasteiger partial charge in [-0.3, -0.25) is 9.69 Å². The lowest BCUT2D eigenvalue weighted by Gasteiger charge is -2.26. The lowest BCUT2D eigenvalue weighted by Crippen LogP contribution is -2.31. The van der Waals surface area contributed by atoms with Gasteiger partial charge in [0.05, 0.1) is 0 Å². The van der Waals surface area contributed by atoms with Crippen molar-refractivity contribution in [3.63, 3.8) is 0 Å². The Bertz CT molecular complexity index is 391. The summed E-state index contributed by atoms with van der Waals surface area (Å²) in [5.41, 5.74) is 6.88. The lowest BCUT2D eigenvalue weighted by atomic mass is 10.1. The fourth-order valence-corrected chi connectivity index (χ4v) is 1.85. The van der Waals surface area contributed by atoms with Gasteiger partial charge in [-0.15, -0.1) is 0 Å². The number of nitrogens with zero attached hydrogens (tertiary/aromatic N) is 1. The minimum Gasteiger partial charge on any atom is -0.396 e. The lowest BCUT2D eigenvalue weighted by molar-refractivity contribution is 0.1000. The molecule has 3 N–H and O–H groups in total. The molecule has 4 nitrogen and oxygen atoms in total. The first-order valence-electron chi connectivity index (χ1n) is 6.28. The van der Waals surface area contributed by atoms with Gasteiger partial charge >= 0.3 is 0 Å². The molecular weight excluding hydrogens is 228 g/mol. The third-order valence-electron chi connectivity index (χ3n) is 2.93. The summed E-state index contributed by atoms with van der Waals surface area (Å²) in [6.45, 7) is 6.04. The summed E-state index contributed by atoms with van der Waals surface area (Å²) in [5, 5.41) is 8.89. The van der Waals surface area contributed by atoms with Crippen molar-refractivity contribution in [1.29, 1.82) is 0 Å². The molecule has 0 saturated heterocycles. The summed E-state index contributed by atoms with van der Waals surface area (Å²) < 4.78 is 0. The summed E-state index contributed by atoms with van der Waals surface area (Å²) >= 11 is 0. The molecule has 0 atom stereocenters. The zero-order valence-corrected chi connectivity index (χ0v) is 11.1. The Morgan fingerprint density at radius 1 is 1.44 bits per heavy atom. The minimum atomic E-state index is -0.400. The molecule has 0 fully saturated rings.